The van der Waals surface area contributed by atoms with Gasteiger partial charge in [-0.1, -0.05) is 6.07 Å². The van der Waals surface area contributed by atoms with Crippen LogP contribution in [0.15, 0.2) is 22.7 Å². The molecule has 1 fully saturated rings. The van der Waals surface area contributed by atoms with Crippen LogP contribution in [-0.4, -0.2) is 30.6 Å². The van der Waals surface area contributed by atoms with Crippen LogP contribution in [0.25, 0.3) is 0 Å². The lowest BCUT2D eigenvalue weighted by Gasteiger charge is -2.32. The summed E-state index contributed by atoms with van der Waals surface area (Å²) >= 11 is 3.21. The van der Waals surface area contributed by atoms with E-state index in [1.165, 1.54) is 12.8 Å². The number of nitrogens with zero attached hydrogens (tertiary/aromatic N) is 1. The molecule has 1 unspecified atom stereocenters. The van der Waals surface area contributed by atoms with Crippen LogP contribution in [0, 0.1) is 11.7 Å². The minimum absolute atomic E-state index is 0.175. The summed E-state index contributed by atoms with van der Waals surface area (Å²) < 4.78 is 14.1. The van der Waals surface area contributed by atoms with Crippen LogP contribution in [-0.2, 0) is 6.54 Å². The monoisotopic (exact) mass is 342 g/mol. The summed E-state index contributed by atoms with van der Waals surface area (Å²) in [6, 6.07) is 5.91. The highest BCUT2D eigenvalue weighted by molar-refractivity contribution is 9.10. The van der Waals surface area contributed by atoms with E-state index in [1.807, 2.05) is 6.07 Å². The third-order valence-electron chi connectivity index (χ3n) is 3.99. The van der Waals surface area contributed by atoms with E-state index >= 15 is 0 Å². The van der Waals surface area contributed by atoms with Crippen molar-refractivity contribution in [2.45, 2.75) is 39.3 Å². The van der Waals surface area contributed by atoms with Gasteiger partial charge in [0.25, 0.3) is 0 Å². The van der Waals surface area contributed by atoms with Crippen molar-refractivity contribution in [1.82, 2.24) is 10.2 Å². The summed E-state index contributed by atoms with van der Waals surface area (Å²) in [4.78, 5) is 2.44. The second kappa shape index (κ2) is 7.53. The molecule has 1 saturated heterocycles. The molecule has 4 heteroatoms. The third kappa shape index (κ3) is 4.54. The van der Waals surface area contributed by atoms with Crippen LogP contribution in [0.1, 0.15) is 32.3 Å². The zero-order chi connectivity index (χ0) is 14.5. The topological polar surface area (TPSA) is 15.3 Å². The molecule has 2 rings (SSSR count). The molecule has 20 heavy (non-hydrogen) atoms. The van der Waals surface area contributed by atoms with Gasteiger partial charge in [-0.05, 0) is 79.3 Å². The van der Waals surface area contributed by atoms with Gasteiger partial charge in [0.2, 0.25) is 0 Å². The molecule has 0 saturated carbocycles. The van der Waals surface area contributed by atoms with Crippen molar-refractivity contribution in [3.05, 3.63) is 34.1 Å². The molecule has 0 radical (unpaired) electrons. The van der Waals surface area contributed by atoms with Crippen LogP contribution >= 0.6 is 15.9 Å². The zero-order valence-corrected chi connectivity index (χ0v) is 13.9. The average Bonchev–Trinajstić information content (AvgIpc) is 2.43. The standard InChI is InChI=1S/C16H24BrFN2/c1-12(2)20(11-14-4-3-7-19-9-14)10-13-5-6-15(17)16(18)8-13/h5-6,8,12,14,19H,3-4,7,9-11H2,1-2H3. The maximum absolute atomic E-state index is 13.6. The van der Waals surface area contributed by atoms with Crippen molar-refractivity contribution in [2.24, 2.45) is 5.92 Å². The Labute approximate surface area is 129 Å². The van der Waals surface area contributed by atoms with E-state index in [4.69, 9.17) is 0 Å². The molecule has 0 spiro atoms. The number of benzene rings is 1. The first-order valence-corrected chi connectivity index (χ1v) is 8.24. The van der Waals surface area contributed by atoms with Gasteiger partial charge in [0.05, 0.1) is 4.47 Å². The van der Waals surface area contributed by atoms with Gasteiger partial charge in [-0.15, -0.1) is 0 Å². The first-order chi connectivity index (χ1) is 9.56. The smallest absolute Gasteiger partial charge is 0.137 e. The highest BCUT2D eigenvalue weighted by Crippen LogP contribution is 2.20. The largest absolute Gasteiger partial charge is 0.316 e. The summed E-state index contributed by atoms with van der Waals surface area (Å²) in [5, 5.41) is 3.47. The molecule has 112 valence electrons. The van der Waals surface area contributed by atoms with Crippen molar-refractivity contribution in [3.8, 4) is 0 Å². The first kappa shape index (κ1) is 15.9. The predicted octanol–water partition coefficient (Wildman–Crippen LogP) is 3.80. The van der Waals surface area contributed by atoms with Crippen LogP contribution in [0.3, 0.4) is 0 Å². The Morgan fingerprint density at radius 1 is 1.45 bits per heavy atom. The van der Waals surface area contributed by atoms with E-state index in [2.05, 4.69) is 40.0 Å². The SMILES string of the molecule is CC(C)N(Cc1ccc(Br)c(F)c1)CC1CCCNC1. The highest BCUT2D eigenvalue weighted by Gasteiger charge is 2.19. The maximum Gasteiger partial charge on any atom is 0.137 e. The van der Waals surface area contributed by atoms with Crippen LogP contribution < -0.4 is 5.32 Å². The summed E-state index contributed by atoms with van der Waals surface area (Å²) in [5.41, 5.74) is 1.04. The molecule has 0 amide bonds. The fraction of sp³-hybridized carbons (Fsp3) is 0.625. The van der Waals surface area contributed by atoms with E-state index in [0.717, 1.165) is 31.7 Å². The Hall–Kier alpha value is -0.450. The van der Waals surface area contributed by atoms with E-state index in [-0.39, 0.29) is 5.82 Å². The number of piperidine rings is 1. The number of hydrogen-bond donors (Lipinski definition) is 1. The first-order valence-electron chi connectivity index (χ1n) is 7.45. The Balaban J connectivity index is 1.99. The molecule has 1 aromatic carbocycles. The molecule has 2 nitrogen and oxygen atoms in total. The number of halogens is 2. The lowest BCUT2D eigenvalue weighted by atomic mass is 9.98. The molecule has 1 aliphatic heterocycles. The zero-order valence-electron chi connectivity index (χ0n) is 12.3. The van der Waals surface area contributed by atoms with Gasteiger partial charge in [0.15, 0.2) is 0 Å². The van der Waals surface area contributed by atoms with Crippen LogP contribution in [0.2, 0.25) is 0 Å². The second-order valence-corrected chi connectivity index (χ2v) is 6.84. The number of nitrogens with one attached hydrogen (secondary N) is 1. The summed E-state index contributed by atoms with van der Waals surface area (Å²) in [6.07, 6.45) is 2.56. The number of rotatable bonds is 5. The molecular formula is C16H24BrFN2. The Morgan fingerprint density at radius 2 is 2.25 bits per heavy atom. The van der Waals surface area contributed by atoms with E-state index < -0.39 is 0 Å². The molecule has 1 atom stereocenters. The lowest BCUT2D eigenvalue weighted by molar-refractivity contribution is 0.163. The maximum atomic E-state index is 13.6. The molecular weight excluding hydrogens is 319 g/mol. The number of hydrogen-bond acceptors (Lipinski definition) is 2. The lowest BCUT2D eigenvalue weighted by Crippen LogP contribution is -2.40. The second-order valence-electron chi connectivity index (χ2n) is 5.98. The normalized spacial score (nSPS) is 19.8. The summed E-state index contributed by atoms with van der Waals surface area (Å²) in [5.74, 6) is 0.539. The van der Waals surface area contributed by atoms with Gasteiger partial charge >= 0.3 is 0 Å². The molecule has 0 aromatic heterocycles. The fourth-order valence-corrected chi connectivity index (χ4v) is 2.99. The van der Waals surface area contributed by atoms with Crippen molar-refractivity contribution < 1.29 is 4.39 Å². The minimum atomic E-state index is -0.175. The van der Waals surface area contributed by atoms with E-state index in [1.54, 1.807) is 12.1 Å². The highest BCUT2D eigenvalue weighted by atomic mass is 79.9. The molecule has 1 aromatic rings. The van der Waals surface area contributed by atoms with Crippen LogP contribution in [0.4, 0.5) is 4.39 Å². The molecule has 1 N–H and O–H groups in total. The van der Waals surface area contributed by atoms with Crippen molar-refractivity contribution in [2.75, 3.05) is 19.6 Å². The molecule has 0 bridgehead atoms. The van der Waals surface area contributed by atoms with Crippen molar-refractivity contribution in [3.63, 3.8) is 0 Å². The third-order valence-corrected chi connectivity index (χ3v) is 4.63. The van der Waals surface area contributed by atoms with Crippen molar-refractivity contribution in [1.29, 1.82) is 0 Å². The van der Waals surface area contributed by atoms with E-state index in [9.17, 15) is 4.39 Å². The Kier molecular flexibility index (Phi) is 6.00. The van der Waals surface area contributed by atoms with E-state index in [0.29, 0.717) is 16.4 Å². The van der Waals surface area contributed by atoms with Gasteiger partial charge in [-0.25, -0.2) is 4.39 Å². The van der Waals surface area contributed by atoms with Gasteiger partial charge in [-0.3, -0.25) is 4.90 Å². The fourth-order valence-electron chi connectivity index (χ4n) is 2.74. The Morgan fingerprint density at radius 3 is 2.85 bits per heavy atom. The summed E-state index contributed by atoms with van der Waals surface area (Å²) in [6.45, 7) is 8.59. The minimum Gasteiger partial charge on any atom is -0.316 e. The average molecular weight is 343 g/mol. The van der Waals surface area contributed by atoms with Crippen LogP contribution in [0.5, 0.6) is 0 Å². The predicted molar refractivity (Wildman–Crippen MR) is 85.2 cm³/mol. The van der Waals surface area contributed by atoms with Gasteiger partial charge in [0.1, 0.15) is 5.82 Å². The van der Waals surface area contributed by atoms with Crippen molar-refractivity contribution >= 4 is 15.9 Å². The summed E-state index contributed by atoms with van der Waals surface area (Å²) in [7, 11) is 0. The Bertz CT molecular complexity index is 430. The molecule has 1 aliphatic rings. The molecule has 1 heterocycles. The van der Waals surface area contributed by atoms with Gasteiger partial charge < -0.3 is 5.32 Å². The van der Waals surface area contributed by atoms with Gasteiger partial charge in [-0.2, -0.15) is 0 Å². The molecule has 0 aliphatic carbocycles. The quantitative estimate of drug-likeness (QED) is 0.875. The van der Waals surface area contributed by atoms with Gasteiger partial charge in [0, 0.05) is 19.1 Å².